The number of halogens is 3. The van der Waals surface area contributed by atoms with E-state index in [0.29, 0.717) is 16.5 Å². The third-order valence-corrected chi connectivity index (χ3v) is 3.76. The Labute approximate surface area is 122 Å². The van der Waals surface area contributed by atoms with Crippen LogP contribution < -0.4 is 5.32 Å². The van der Waals surface area contributed by atoms with E-state index in [2.05, 4.69) is 5.32 Å². The number of hydrogen-bond acceptors (Lipinski definition) is 1. The van der Waals surface area contributed by atoms with Gasteiger partial charge in [0.05, 0.1) is 10.0 Å². The Balaban J connectivity index is 2.22. The lowest BCUT2D eigenvalue weighted by atomic mass is 9.99. The number of rotatable bonds is 4. The van der Waals surface area contributed by atoms with Crippen LogP contribution in [0.3, 0.4) is 0 Å². The predicted octanol–water partition coefficient (Wildman–Crippen LogP) is 4.64. The second-order valence-corrected chi connectivity index (χ2v) is 5.16. The molecule has 0 amide bonds. The average Bonchev–Trinajstić information content (AvgIpc) is 2.39. The van der Waals surface area contributed by atoms with Crippen LogP contribution >= 0.6 is 23.2 Å². The zero-order chi connectivity index (χ0) is 13.8. The topological polar surface area (TPSA) is 12.0 Å². The highest BCUT2D eigenvalue weighted by molar-refractivity contribution is 6.42. The highest BCUT2D eigenvalue weighted by atomic mass is 35.5. The molecular formula is C15H14Cl2FN. The summed E-state index contributed by atoms with van der Waals surface area (Å²) in [5, 5.41) is 4.27. The molecule has 0 aliphatic heterocycles. The van der Waals surface area contributed by atoms with Gasteiger partial charge in [0.2, 0.25) is 0 Å². The SMILES string of the molecule is CNC(Cc1cccc(F)c1)c1ccc(Cl)c(Cl)c1. The van der Waals surface area contributed by atoms with Gasteiger partial charge in [0.15, 0.2) is 0 Å². The minimum atomic E-state index is -0.221. The summed E-state index contributed by atoms with van der Waals surface area (Å²) < 4.78 is 13.2. The first kappa shape index (κ1) is 14.3. The van der Waals surface area contributed by atoms with Crippen LogP contribution in [0.2, 0.25) is 10.0 Å². The van der Waals surface area contributed by atoms with Crippen LogP contribution in [0.25, 0.3) is 0 Å². The Morgan fingerprint density at radius 2 is 1.89 bits per heavy atom. The summed E-state index contributed by atoms with van der Waals surface area (Å²) >= 11 is 11.9. The lowest BCUT2D eigenvalue weighted by Gasteiger charge is -2.17. The molecule has 0 heterocycles. The molecule has 0 radical (unpaired) electrons. The van der Waals surface area contributed by atoms with E-state index in [4.69, 9.17) is 23.2 Å². The lowest BCUT2D eigenvalue weighted by molar-refractivity contribution is 0.584. The van der Waals surface area contributed by atoms with E-state index in [9.17, 15) is 4.39 Å². The Bertz CT molecular complexity index is 572. The van der Waals surface area contributed by atoms with Gasteiger partial charge in [0.1, 0.15) is 5.82 Å². The zero-order valence-corrected chi connectivity index (χ0v) is 12.0. The van der Waals surface area contributed by atoms with Crippen molar-refractivity contribution >= 4 is 23.2 Å². The van der Waals surface area contributed by atoms with Crippen molar-refractivity contribution in [2.24, 2.45) is 0 Å². The maximum Gasteiger partial charge on any atom is 0.123 e. The van der Waals surface area contributed by atoms with Gasteiger partial charge < -0.3 is 5.32 Å². The molecule has 2 aromatic carbocycles. The highest BCUT2D eigenvalue weighted by Crippen LogP contribution is 2.27. The predicted molar refractivity (Wildman–Crippen MR) is 78.4 cm³/mol. The maximum absolute atomic E-state index is 13.2. The molecule has 4 heteroatoms. The van der Waals surface area contributed by atoms with Crippen LogP contribution in [0.4, 0.5) is 4.39 Å². The second-order valence-electron chi connectivity index (χ2n) is 4.35. The summed E-state index contributed by atoms with van der Waals surface area (Å²) in [5.41, 5.74) is 1.96. The maximum atomic E-state index is 13.2. The van der Waals surface area contributed by atoms with Crippen LogP contribution in [0.1, 0.15) is 17.2 Å². The van der Waals surface area contributed by atoms with Crippen LogP contribution in [0.5, 0.6) is 0 Å². The first-order valence-electron chi connectivity index (χ1n) is 5.97. The second kappa shape index (κ2) is 6.38. The van der Waals surface area contributed by atoms with Crippen molar-refractivity contribution in [2.75, 3.05) is 7.05 Å². The fraction of sp³-hybridized carbons (Fsp3) is 0.200. The Kier molecular flexibility index (Phi) is 4.81. The van der Waals surface area contributed by atoms with E-state index in [-0.39, 0.29) is 11.9 Å². The largest absolute Gasteiger partial charge is 0.313 e. The molecule has 1 nitrogen and oxygen atoms in total. The molecule has 0 aliphatic carbocycles. The van der Waals surface area contributed by atoms with Gasteiger partial charge in [0, 0.05) is 6.04 Å². The van der Waals surface area contributed by atoms with Crippen LogP contribution in [0.15, 0.2) is 42.5 Å². The molecule has 100 valence electrons. The first-order chi connectivity index (χ1) is 9.10. The van der Waals surface area contributed by atoms with Crippen molar-refractivity contribution in [2.45, 2.75) is 12.5 Å². The number of hydrogen-bond donors (Lipinski definition) is 1. The molecule has 0 bridgehead atoms. The molecule has 0 saturated heterocycles. The van der Waals surface area contributed by atoms with Crippen molar-refractivity contribution in [3.05, 3.63) is 69.5 Å². The quantitative estimate of drug-likeness (QED) is 0.867. The van der Waals surface area contributed by atoms with Gasteiger partial charge in [-0.15, -0.1) is 0 Å². The summed E-state index contributed by atoms with van der Waals surface area (Å²) in [6.45, 7) is 0. The standard InChI is InChI=1S/C15H14Cl2FN/c1-19-15(8-10-3-2-4-12(18)7-10)11-5-6-13(16)14(17)9-11/h2-7,9,15,19H,8H2,1H3. The van der Waals surface area contributed by atoms with Crippen molar-refractivity contribution in [3.8, 4) is 0 Å². The molecule has 0 aromatic heterocycles. The summed E-state index contributed by atoms with van der Waals surface area (Å²) in [4.78, 5) is 0. The highest BCUT2D eigenvalue weighted by Gasteiger charge is 2.12. The van der Waals surface area contributed by atoms with Crippen molar-refractivity contribution < 1.29 is 4.39 Å². The molecule has 1 unspecified atom stereocenters. The Morgan fingerprint density at radius 1 is 1.11 bits per heavy atom. The van der Waals surface area contributed by atoms with Crippen molar-refractivity contribution in [3.63, 3.8) is 0 Å². The van der Waals surface area contributed by atoms with Crippen LogP contribution in [0, 0.1) is 5.82 Å². The molecular weight excluding hydrogens is 284 g/mol. The van der Waals surface area contributed by atoms with Gasteiger partial charge in [0.25, 0.3) is 0 Å². The molecule has 2 aromatic rings. The molecule has 0 aliphatic rings. The molecule has 2 rings (SSSR count). The fourth-order valence-corrected chi connectivity index (χ4v) is 2.32. The van der Waals surface area contributed by atoms with Crippen molar-refractivity contribution in [1.82, 2.24) is 5.32 Å². The summed E-state index contributed by atoms with van der Waals surface area (Å²) in [6, 6.07) is 12.2. The molecule has 0 spiro atoms. The molecule has 19 heavy (non-hydrogen) atoms. The monoisotopic (exact) mass is 297 g/mol. The summed E-state index contributed by atoms with van der Waals surface area (Å²) in [7, 11) is 1.87. The van der Waals surface area contributed by atoms with Crippen LogP contribution in [-0.4, -0.2) is 7.05 Å². The van der Waals surface area contributed by atoms with E-state index >= 15 is 0 Å². The van der Waals surface area contributed by atoms with Gasteiger partial charge in [-0.3, -0.25) is 0 Å². The first-order valence-corrected chi connectivity index (χ1v) is 6.72. The number of likely N-dealkylation sites (N-methyl/N-ethyl adjacent to an activating group) is 1. The van der Waals surface area contributed by atoms with Gasteiger partial charge in [-0.05, 0) is 48.9 Å². The molecule has 1 atom stereocenters. The van der Waals surface area contributed by atoms with Gasteiger partial charge in [-0.1, -0.05) is 41.4 Å². The minimum absolute atomic E-state index is 0.0663. The number of benzene rings is 2. The van der Waals surface area contributed by atoms with Crippen molar-refractivity contribution in [1.29, 1.82) is 0 Å². The van der Waals surface area contributed by atoms with E-state index in [1.54, 1.807) is 18.2 Å². The average molecular weight is 298 g/mol. The smallest absolute Gasteiger partial charge is 0.123 e. The van der Waals surface area contributed by atoms with E-state index in [1.807, 2.05) is 25.2 Å². The van der Waals surface area contributed by atoms with Gasteiger partial charge >= 0.3 is 0 Å². The van der Waals surface area contributed by atoms with Gasteiger partial charge in [-0.2, -0.15) is 0 Å². The van der Waals surface area contributed by atoms with Crippen LogP contribution in [-0.2, 0) is 6.42 Å². The third-order valence-electron chi connectivity index (χ3n) is 3.02. The normalized spacial score (nSPS) is 12.4. The van der Waals surface area contributed by atoms with E-state index < -0.39 is 0 Å². The fourth-order valence-electron chi connectivity index (χ4n) is 2.02. The minimum Gasteiger partial charge on any atom is -0.313 e. The van der Waals surface area contributed by atoms with E-state index in [0.717, 1.165) is 11.1 Å². The third kappa shape index (κ3) is 3.69. The molecule has 0 saturated carbocycles. The lowest BCUT2D eigenvalue weighted by Crippen LogP contribution is -2.18. The number of nitrogens with one attached hydrogen (secondary N) is 1. The van der Waals surface area contributed by atoms with Gasteiger partial charge in [-0.25, -0.2) is 4.39 Å². The summed E-state index contributed by atoms with van der Waals surface area (Å²) in [5.74, 6) is -0.221. The Morgan fingerprint density at radius 3 is 2.53 bits per heavy atom. The van der Waals surface area contributed by atoms with E-state index in [1.165, 1.54) is 6.07 Å². The summed E-state index contributed by atoms with van der Waals surface area (Å²) in [6.07, 6.45) is 0.687. The Hall–Kier alpha value is -1.09. The zero-order valence-electron chi connectivity index (χ0n) is 10.5. The molecule has 1 N–H and O–H groups in total. The molecule has 0 fully saturated rings.